The van der Waals surface area contributed by atoms with E-state index in [1.54, 1.807) is 18.3 Å². The van der Waals surface area contributed by atoms with Crippen molar-refractivity contribution in [1.82, 2.24) is 14.5 Å². The zero-order valence-electron chi connectivity index (χ0n) is 14.0. The predicted molar refractivity (Wildman–Crippen MR) is 91.9 cm³/mol. The first-order chi connectivity index (χ1) is 10.9. The molecular weight excluding hydrogens is 310 g/mol. The second-order valence-corrected chi connectivity index (χ2v) is 7.68. The highest BCUT2D eigenvalue weighted by molar-refractivity contribution is 7.89. The van der Waals surface area contributed by atoms with Crippen LogP contribution in [0.25, 0.3) is 0 Å². The summed E-state index contributed by atoms with van der Waals surface area (Å²) in [6.45, 7) is 7.34. The third kappa shape index (κ3) is 4.91. The summed E-state index contributed by atoms with van der Waals surface area (Å²) >= 11 is 0. The third-order valence-corrected chi connectivity index (χ3v) is 5.47. The average molecular weight is 335 g/mol. The van der Waals surface area contributed by atoms with E-state index in [0.717, 1.165) is 12.0 Å². The fourth-order valence-corrected chi connectivity index (χ4v) is 3.41. The van der Waals surface area contributed by atoms with Crippen molar-refractivity contribution in [2.45, 2.75) is 51.0 Å². The van der Waals surface area contributed by atoms with Gasteiger partial charge in [0, 0.05) is 19.3 Å². The largest absolute Gasteiger partial charge is 0.272 e. The lowest BCUT2D eigenvalue weighted by Gasteiger charge is -2.11. The predicted octanol–water partition coefficient (Wildman–Crippen LogP) is 3.07. The number of aryl methyl sites for hydroxylation is 2. The first-order valence-electron chi connectivity index (χ1n) is 8.01. The van der Waals surface area contributed by atoms with E-state index < -0.39 is 10.0 Å². The highest BCUT2D eigenvalue weighted by atomic mass is 32.2. The molecule has 1 aromatic heterocycles. The van der Waals surface area contributed by atoms with Crippen LogP contribution < -0.4 is 4.72 Å². The van der Waals surface area contributed by atoms with Crippen molar-refractivity contribution < 1.29 is 8.42 Å². The summed E-state index contributed by atoms with van der Waals surface area (Å²) in [4.78, 5) is 0.319. The van der Waals surface area contributed by atoms with Crippen molar-refractivity contribution in [3.05, 3.63) is 47.8 Å². The van der Waals surface area contributed by atoms with Crippen LogP contribution in [0.4, 0.5) is 0 Å². The normalized spacial score (nSPS) is 13.2. The number of hydrogen-bond donors (Lipinski definition) is 1. The van der Waals surface area contributed by atoms with Gasteiger partial charge in [0.05, 0.1) is 11.1 Å². The Morgan fingerprint density at radius 2 is 1.96 bits per heavy atom. The minimum Gasteiger partial charge on any atom is -0.272 e. The van der Waals surface area contributed by atoms with Gasteiger partial charge in [0.15, 0.2) is 0 Å². The lowest BCUT2D eigenvalue weighted by molar-refractivity contribution is 0.552. The van der Waals surface area contributed by atoms with E-state index in [2.05, 4.69) is 23.7 Å². The number of sulfonamides is 1. The summed E-state index contributed by atoms with van der Waals surface area (Å²) < 4.78 is 29.0. The van der Waals surface area contributed by atoms with E-state index in [1.165, 1.54) is 5.56 Å². The smallest absolute Gasteiger partial charge is 0.240 e. The van der Waals surface area contributed by atoms with Crippen molar-refractivity contribution in [3.63, 3.8) is 0 Å². The van der Waals surface area contributed by atoms with Gasteiger partial charge in [-0.3, -0.25) is 4.68 Å². The quantitative estimate of drug-likeness (QED) is 0.754. The van der Waals surface area contributed by atoms with Gasteiger partial charge in [-0.15, -0.1) is 0 Å². The molecule has 0 aliphatic carbocycles. The molecule has 5 nitrogen and oxygen atoms in total. The van der Waals surface area contributed by atoms with E-state index >= 15 is 0 Å². The number of rotatable bonds is 8. The minimum atomic E-state index is -3.44. The molecule has 1 heterocycles. The lowest BCUT2D eigenvalue weighted by Crippen LogP contribution is -2.25. The summed E-state index contributed by atoms with van der Waals surface area (Å²) in [6.07, 6.45) is 5.48. The van der Waals surface area contributed by atoms with E-state index in [4.69, 9.17) is 0 Å². The Labute approximate surface area is 138 Å². The minimum absolute atomic E-state index is 0.319. The number of aromatic nitrogens is 2. The molecule has 6 heteroatoms. The summed E-state index contributed by atoms with van der Waals surface area (Å²) in [5.74, 6) is 0.442. The van der Waals surface area contributed by atoms with Gasteiger partial charge in [0.2, 0.25) is 10.0 Å². The van der Waals surface area contributed by atoms with Crippen LogP contribution in [0.1, 0.15) is 43.7 Å². The molecule has 0 aliphatic rings. The van der Waals surface area contributed by atoms with Crippen molar-refractivity contribution in [2.24, 2.45) is 0 Å². The fourth-order valence-electron chi connectivity index (χ4n) is 2.33. The number of benzene rings is 1. The number of nitrogens with one attached hydrogen (secondary N) is 1. The molecule has 0 amide bonds. The Morgan fingerprint density at radius 1 is 1.26 bits per heavy atom. The van der Waals surface area contributed by atoms with Gasteiger partial charge in [0.1, 0.15) is 0 Å². The molecule has 1 unspecified atom stereocenters. The van der Waals surface area contributed by atoms with Crippen molar-refractivity contribution >= 4 is 10.0 Å². The first-order valence-corrected chi connectivity index (χ1v) is 9.49. The maximum atomic E-state index is 12.3. The van der Waals surface area contributed by atoms with Gasteiger partial charge in [-0.2, -0.15) is 5.10 Å². The van der Waals surface area contributed by atoms with E-state index in [9.17, 15) is 8.42 Å². The van der Waals surface area contributed by atoms with Crippen LogP contribution in [0.15, 0.2) is 41.6 Å². The molecular formula is C17H25N3O2S. The van der Waals surface area contributed by atoms with Crippen molar-refractivity contribution in [1.29, 1.82) is 0 Å². The summed E-state index contributed by atoms with van der Waals surface area (Å²) in [6, 6.07) is 7.16. The van der Waals surface area contributed by atoms with Crippen molar-refractivity contribution in [2.75, 3.05) is 6.54 Å². The third-order valence-electron chi connectivity index (χ3n) is 3.99. The monoisotopic (exact) mass is 335 g/mol. The van der Waals surface area contributed by atoms with Crippen LogP contribution in [0.3, 0.4) is 0 Å². The van der Waals surface area contributed by atoms with Crippen LogP contribution in [0, 0.1) is 6.92 Å². The average Bonchev–Trinajstić information content (AvgIpc) is 2.96. The molecule has 0 saturated carbocycles. The number of nitrogens with zero attached hydrogens (tertiary/aromatic N) is 2. The molecule has 0 bridgehead atoms. The van der Waals surface area contributed by atoms with Crippen molar-refractivity contribution in [3.8, 4) is 0 Å². The molecule has 0 spiro atoms. The van der Waals surface area contributed by atoms with Crippen LogP contribution in [0.5, 0.6) is 0 Å². The van der Waals surface area contributed by atoms with E-state index in [1.807, 2.05) is 29.9 Å². The standard InChI is InChI=1S/C17H25N3O2S/c1-4-15(3)16-6-8-17(9-7-16)23(21,22)19-10-5-11-20-13-14(2)12-18-20/h6-9,12-13,15,19H,4-5,10-11H2,1-3H3. The van der Waals surface area contributed by atoms with Gasteiger partial charge in [-0.1, -0.05) is 26.0 Å². The topological polar surface area (TPSA) is 64.0 Å². The first kappa shape index (κ1) is 17.7. The zero-order chi connectivity index (χ0) is 16.9. The molecule has 0 aliphatic heterocycles. The summed E-state index contributed by atoms with van der Waals surface area (Å²) in [7, 11) is -3.44. The highest BCUT2D eigenvalue weighted by Crippen LogP contribution is 2.20. The molecule has 1 atom stereocenters. The van der Waals surface area contributed by atoms with Crippen LogP contribution in [-0.2, 0) is 16.6 Å². The van der Waals surface area contributed by atoms with E-state index in [0.29, 0.717) is 30.3 Å². The molecule has 23 heavy (non-hydrogen) atoms. The zero-order valence-corrected chi connectivity index (χ0v) is 14.8. The van der Waals surface area contributed by atoms with Crippen LogP contribution in [-0.4, -0.2) is 24.7 Å². The van der Waals surface area contributed by atoms with Gasteiger partial charge < -0.3 is 0 Å². The maximum absolute atomic E-state index is 12.3. The Kier molecular flexibility index (Phi) is 5.96. The molecule has 2 aromatic rings. The molecule has 2 rings (SSSR count). The van der Waals surface area contributed by atoms with Gasteiger partial charge in [-0.25, -0.2) is 13.1 Å². The second kappa shape index (κ2) is 7.75. The summed E-state index contributed by atoms with van der Waals surface area (Å²) in [5.41, 5.74) is 2.27. The van der Waals surface area contributed by atoms with Crippen LogP contribution in [0.2, 0.25) is 0 Å². The number of hydrogen-bond acceptors (Lipinski definition) is 3. The van der Waals surface area contributed by atoms with Crippen LogP contribution >= 0.6 is 0 Å². The Hall–Kier alpha value is -1.66. The molecule has 0 fully saturated rings. The SMILES string of the molecule is CCC(C)c1ccc(S(=O)(=O)NCCCn2cc(C)cn2)cc1. The molecule has 0 radical (unpaired) electrons. The molecule has 126 valence electrons. The van der Waals surface area contributed by atoms with E-state index in [-0.39, 0.29) is 0 Å². The molecule has 0 saturated heterocycles. The fraction of sp³-hybridized carbons (Fsp3) is 0.471. The Balaban J connectivity index is 1.88. The lowest BCUT2D eigenvalue weighted by atomic mass is 9.99. The Morgan fingerprint density at radius 3 is 2.52 bits per heavy atom. The maximum Gasteiger partial charge on any atom is 0.240 e. The highest BCUT2D eigenvalue weighted by Gasteiger charge is 2.13. The molecule has 1 N–H and O–H groups in total. The van der Waals surface area contributed by atoms with Gasteiger partial charge in [-0.05, 0) is 48.9 Å². The Bertz CT molecular complexity index is 721. The molecule has 1 aromatic carbocycles. The van der Waals surface area contributed by atoms with Gasteiger partial charge in [0.25, 0.3) is 0 Å². The second-order valence-electron chi connectivity index (χ2n) is 5.91. The summed E-state index contributed by atoms with van der Waals surface area (Å²) in [5, 5.41) is 4.18. The van der Waals surface area contributed by atoms with Gasteiger partial charge >= 0.3 is 0 Å².